The molecule has 2 aliphatic rings. The van der Waals surface area contributed by atoms with Gasteiger partial charge in [0.25, 0.3) is 0 Å². The summed E-state index contributed by atoms with van der Waals surface area (Å²) in [5.41, 5.74) is 1.41. The zero-order valence-electron chi connectivity index (χ0n) is 15.0. The molecule has 7 nitrogen and oxygen atoms in total. The summed E-state index contributed by atoms with van der Waals surface area (Å²) in [4.78, 5) is 18.3. The molecule has 0 amide bonds. The molecule has 5 rings (SSSR count). The van der Waals surface area contributed by atoms with Crippen molar-refractivity contribution in [2.45, 2.75) is 38.1 Å². The number of thiophene rings is 1. The molecule has 0 atom stereocenters. The van der Waals surface area contributed by atoms with Crippen molar-refractivity contribution in [3.05, 3.63) is 28.5 Å². The molecule has 1 saturated carbocycles. The Hall–Kier alpha value is -1.48. The van der Waals surface area contributed by atoms with Crippen molar-refractivity contribution in [3.63, 3.8) is 0 Å². The van der Waals surface area contributed by atoms with Gasteiger partial charge < -0.3 is 14.7 Å². The molecule has 27 heavy (non-hydrogen) atoms. The lowest BCUT2D eigenvalue weighted by molar-refractivity contribution is 0.374. The third kappa shape index (κ3) is 3.89. The predicted molar refractivity (Wildman–Crippen MR) is 111 cm³/mol. The van der Waals surface area contributed by atoms with E-state index >= 15 is 0 Å². The molecule has 0 aromatic carbocycles. The molecule has 146 valence electrons. The second-order valence-electron chi connectivity index (χ2n) is 6.80. The number of hydrogen-bond acceptors (Lipinski definition) is 8. The Morgan fingerprint density at radius 1 is 1.30 bits per heavy atom. The van der Waals surface area contributed by atoms with Crippen LogP contribution in [0.3, 0.4) is 0 Å². The molecule has 1 N–H and O–H groups in total. The van der Waals surface area contributed by atoms with E-state index in [1.54, 1.807) is 17.7 Å². The highest BCUT2D eigenvalue weighted by molar-refractivity contribution is 7.19. The monoisotopic (exact) mass is 428 g/mol. The summed E-state index contributed by atoms with van der Waals surface area (Å²) >= 11 is 1.78. The third-order valence-corrected chi connectivity index (χ3v) is 6.07. The fourth-order valence-corrected chi connectivity index (χ4v) is 4.52. The van der Waals surface area contributed by atoms with Gasteiger partial charge in [0.15, 0.2) is 5.82 Å². The van der Waals surface area contributed by atoms with Gasteiger partial charge in [-0.25, -0.2) is 9.97 Å². The number of halogens is 2. The highest BCUT2D eigenvalue weighted by Gasteiger charge is 2.29. The van der Waals surface area contributed by atoms with E-state index in [1.807, 2.05) is 0 Å². The molecule has 3 aromatic heterocycles. The van der Waals surface area contributed by atoms with Crippen LogP contribution in [0, 0.1) is 0 Å². The average molecular weight is 429 g/mol. The van der Waals surface area contributed by atoms with Crippen LogP contribution < -0.4 is 10.2 Å². The fourth-order valence-electron chi connectivity index (χ4n) is 3.37. The zero-order valence-corrected chi connectivity index (χ0v) is 17.4. The van der Waals surface area contributed by atoms with Crippen LogP contribution in [-0.2, 0) is 19.4 Å². The van der Waals surface area contributed by atoms with Crippen LogP contribution in [0.5, 0.6) is 0 Å². The second kappa shape index (κ2) is 8.26. The largest absolute Gasteiger partial charge is 0.359 e. The maximum Gasteiger partial charge on any atom is 0.229 e. The first kappa shape index (κ1) is 20.3. The van der Waals surface area contributed by atoms with Gasteiger partial charge in [-0.05, 0) is 31.4 Å². The molecule has 0 radical (unpaired) electrons. The number of anilines is 1. The van der Waals surface area contributed by atoms with Gasteiger partial charge in [0.2, 0.25) is 5.89 Å². The number of nitrogens with one attached hydrogen (secondary N) is 1. The fraction of sp³-hybridized carbons (Fsp3) is 0.529. The number of rotatable bonds is 5. The minimum atomic E-state index is 0. The lowest BCUT2D eigenvalue weighted by atomic mass is 10.1. The Morgan fingerprint density at radius 2 is 2.15 bits per heavy atom. The standard InChI is InChI=1S/C17H20N6OS.2ClH/c1-23(7-5-13-21-16(24-22-13)10-2-3-10)15-14-11-4-6-18-8-12(11)25-17(14)20-9-19-15;;/h9-10,18H,2-8H2,1H3;2*1H. The quantitative estimate of drug-likeness (QED) is 0.668. The van der Waals surface area contributed by atoms with Crippen molar-refractivity contribution in [1.82, 2.24) is 25.4 Å². The van der Waals surface area contributed by atoms with E-state index in [4.69, 9.17) is 4.52 Å². The van der Waals surface area contributed by atoms with Gasteiger partial charge in [0.05, 0.1) is 5.39 Å². The topological polar surface area (TPSA) is 80.0 Å². The highest BCUT2D eigenvalue weighted by atomic mass is 35.5. The molecule has 3 aromatic rings. The van der Waals surface area contributed by atoms with Crippen LogP contribution in [-0.4, -0.2) is 40.2 Å². The minimum absolute atomic E-state index is 0. The van der Waals surface area contributed by atoms with E-state index < -0.39 is 0 Å². The molecular weight excluding hydrogens is 407 g/mol. The first-order valence-electron chi connectivity index (χ1n) is 8.79. The van der Waals surface area contributed by atoms with Crippen LogP contribution in [0.25, 0.3) is 10.2 Å². The summed E-state index contributed by atoms with van der Waals surface area (Å²) in [6.45, 7) is 2.76. The van der Waals surface area contributed by atoms with Gasteiger partial charge in [-0.1, -0.05) is 5.16 Å². The van der Waals surface area contributed by atoms with Gasteiger partial charge in [-0.15, -0.1) is 36.2 Å². The van der Waals surface area contributed by atoms with Crippen LogP contribution >= 0.6 is 36.2 Å². The van der Waals surface area contributed by atoms with Crippen molar-refractivity contribution >= 4 is 52.2 Å². The molecule has 0 spiro atoms. The smallest absolute Gasteiger partial charge is 0.229 e. The maximum atomic E-state index is 5.35. The summed E-state index contributed by atoms with van der Waals surface area (Å²) in [7, 11) is 2.08. The van der Waals surface area contributed by atoms with Crippen molar-refractivity contribution < 1.29 is 4.52 Å². The van der Waals surface area contributed by atoms with Crippen LogP contribution in [0.1, 0.15) is 40.9 Å². The number of aromatic nitrogens is 4. The minimum Gasteiger partial charge on any atom is -0.359 e. The molecule has 4 heterocycles. The summed E-state index contributed by atoms with van der Waals surface area (Å²) in [5, 5.41) is 8.77. The van der Waals surface area contributed by atoms with E-state index in [2.05, 4.69) is 37.4 Å². The zero-order chi connectivity index (χ0) is 16.8. The van der Waals surface area contributed by atoms with Crippen LogP contribution in [0.15, 0.2) is 10.9 Å². The number of nitrogens with zero attached hydrogens (tertiary/aromatic N) is 5. The van der Waals surface area contributed by atoms with Crippen molar-refractivity contribution in [2.24, 2.45) is 0 Å². The van der Waals surface area contributed by atoms with Gasteiger partial charge in [0, 0.05) is 37.4 Å². The van der Waals surface area contributed by atoms with E-state index in [1.165, 1.54) is 28.7 Å². The highest BCUT2D eigenvalue weighted by Crippen LogP contribution is 2.39. The van der Waals surface area contributed by atoms with Crippen LogP contribution in [0.4, 0.5) is 5.82 Å². The molecular formula is C17H22Cl2N6OS. The van der Waals surface area contributed by atoms with Crippen LogP contribution in [0.2, 0.25) is 0 Å². The number of hydrogen-bond donors (Lipinski definition) is 1. The molecule has 1 aliphatic heterocycles. The summed E-state index contributed by atoms with van der Waals surface area (Å²) in [6.07, 6.45) is 5.82. The number of fused-ring (bicyclic) bond motifs is 3. The van der Waals surface area contributed by atoms with Gasteiger partial charge in [-0.3, -0.25) is 0 Å². The summed E-state index contributed by atoms with van der Waals surface area (Å²) in [6, 6.07) is 0. The Labute approximate surface area is 173 Å². The first-order valence-corrected chi connectivity index (χ1v) is 9.61. The van der Waals surface area contributed by atoms with E-state index in [0.717, 1.165) is 54.8 Å². The van der Waals surface area contributed by atoms with E-state index in [0.29, 0.717) is 5.92 Å². The molecule has 1 fully saturated rings. The second-order valence-corrected chi connectivity index (χ2v) is 7.89. The van der Waals surface area contributed by atoms with Gasteiger partial charge in [0.1, 0.15) is 17.0 Å². The lowest BCUT2D eigenvalue weighted by Crippen LogP contribution is -2.24. The molecule has 0 saturated heterocycles. The Morgan fingerprint density at radius 3 is 2.96 bits per heavy atom. The Bertz CT molecular complexity index is 925. The maximum absolute atomic E-state index is 5.35. The predicted octanol–water partition coefficient (Wildman–Crippen LogP) is 3.12. The van der Waals surface area contributed by atoms with Crippen molar-refractivity contribution in [2.75, 3.05) is 25.0 Å². The van der Waals surface area contributed by atoms with Crippen molar-refractivity contribution in [1.29, 1.82) is 0 Å². The van der Waals surface area contributed by atoms with E-state index in [9.17, 15) is 0 Å². The Kier molecular flexibility index (Phi) is 6.20. The van der Waals surface area contributed by atoms with Gasteiger partial charge in [-0.2, -0.15) is 4.98 Å². The SMILES string of the molecule is CN(CCc1noc(C2CC2)n1)c1ncnc2sc3c(c12)CCNC3.Cl.Cl. The first-order chi connectivity index (χ1) is 12.3. The number of likely N-dealkylation sites (N-methyl/N-ethyl adjacent to an activating group) is 1. The normalized spacial score (nSPS) is 15.7. The summed E-state index contributed by atoms with van der Waals surface area (Å²) < 4.78 is 5.35. The lowest BCUT2D eigenvalue weighted by Gasteiger charge is -2.19. The van der Waals surface area contributed by atoms with Gasteiger partial charge >= 0.3 is 0 Å². The molecule has 0 unspecified atom stereocenters. The average Bonchev–Trinajstić information content (AvgIpc) is 3.26. The molecule has 0 bridgehead atoms. The van der Waals surface area contributed by atoms with Crippen molar-refractivity contribution in [3.8, 4) is 0 Å². The van der Waals surface area contributed by atoms with E-state index in [-0.39, 0.29) is 24.8 Å². The third-order valence-electron chi connectivity index (χ3n) is 4.93. The summed E-state index contributed by atoms with van der Waals surface area (Å²) in [5.74, 6) is 3.11. The Balaban J connectivity index is 0.00000105. The molecule has 1 aliphatic carbocycles. The molecule has 10 heteroatoms.